The smallest absolute Gasteiger partial charge is 0.756 e. The van der Waals surface area contributed by atoms with Gasteiger partial charge < -0.3 is 55.8 Å². The van der Waals surface area contributed by atoms with Crippen LogP contribution in [-0.4, -0.2) is 63.8 Å². The summed E-state index contributed by atoms with van der Waals surface area (Å²) < 4.78 is 80.6. The second-order valence-electron chi connectivity index (χ2n) is 11.3. The van der Waals surface area contributed by atoms with Crippen molar-refractivity contribution in [3.05, 3.63) is 0 Å². The summed E-state index contributed by atoms with van der Waals surface area (Å²) in [6, 6.07) is 0. The van der Waals surface area contributed by atoms with Gasteiger partial charge in [-0.25, -0.2) is 0 Å². The van der Waals surface area contributed by atoms with Gasteiger partial charge in [0.2, 0.25) is 0 Å². The molecule has 0 aromatic rings. The van der Waals surface area contributed by atoms with E-state index >= 15 is 0 Å². The van der Waals surface area contributed by atoms with Crippen LogP contribution in [-0.2, 0) is 54.5 Å². The van der Waals surface area contributed by atoms with E-state index in [1.54, 1.807) is 0 Å². The Balaban J connectivity index is -0.000000192. The monoisotopic (exact) mass is 864 g/mol. The number of rotatable bonds is 32. The standard InChI is InChI=1S/4C8H19O4P.Si/c4*1-3-5-7-11-13(9,10)12-8-6-4-2;/h4*3-8H2,1-2H3,(H,9,10);/q;;;;+4/p-4. The minimum Gasteiger partial charge on any atom is -0.756 e. The van der Waals surface area contributed by atoms with Gasteiger partial charge in [0.25, 0.3) is 31.3 Å². The van der Waals surface area contributed by atoms with Gasteiger partial charge in [0, 0.05) is 0 Å². The topological polar surface area (TPSA) is 234 Å². The van der Waals surface area contributed by atoms with Gasteiger partial charge in [-0.15, -0.1) is 0 Å². The molecule has 0 aromatic carbocycles. The molecule has 0 atom stereocenters. The third kappa shape index (κ3) is 57.1. The first kappa shape index (κ1) is 62.8. The van der Waals surface area contributed by atoms with Gasteiger partial charge in [0.1, 0.15) is 0 Å². The summed E-state index contributed by atoms with van der Waals surface area (Å²) in [5.41, 5.74) is 0. The van der Waals surface area contributed by atoms with Crippen molar-refractivity contribution in [2.24, 2.45) is 0 Å². The molecule has 16 nitrogen and oxygen atoms in total. The quantitative estimate of drug-likeness (QED) is 0.0354. The summed E-state index contributed by atoms with van der Waals surface area (Å²) in [5, 5.41) is 0. The van der Waals surface area contributed by atoms with E-state index in [1.807, 2.05) is 55.4 Å². The first-order valence-electron chi connectivity index (χ1n) is 18.9. The van der Waals surface area contributed by atoms with Crippen molar-refractivity contribution in [2.45, 2.75) is 158 Å². The van der Waals surface area contributed by atoms with Gasteiger partial charge in [-0.05, 0) is 51.4 Å². The van der Waals surface area contributed by atoms with Crippen molar-refractivity contribution in [3.63, 3.8) is 0 Å². The zero-order valence-electron chi connectivity index (χ0n) is 33.8. The van der Waals surface area contributed by atoms with E-state index in [9.17, 15) is 37.8 Å². The molecule has 0 fully saturated rings. The van der Waals surface area contributed by atoms with Crippen LogP contribution >= 0.6 is 31.3 Å². The molecule has 53 heavy (non-hydrogen) atoms. The minimum atomic E-state index is -4.00. The van der Waals surface area contributed by atoms with Crippen molar-refractivity contribution in [3.8, 4) is 0 Å². The van der Waals surface area contributed by atoms with Gasteiger partial charge in [-0.1, -0.05) is 107 Å². The Morgan fingerprint density at radius 1 is 0.283 bits per heavy atom. The number of phosphoric ester groups is 4. The normalized spacial score (nSPS) is 11.7. The third-order valence-electron chi connectivity index (χ3n) is 5.98. The zero-order valence-corrected chi connectivity index (χ0v) is 38.4. The van der Waals surface area contributed by atoms with E-state index in [2.05, 4.69) is 36.2 Å². The molecule has 0 bridgehead atoms. The van der Waals surface area contributed by atoms with E-state index in [4.69, 9.17) is 0 Å². The molecule has 0 aliphatic rings. The second kappa shape index (κ2) is 43.8. The van der Waals surface area contributed by atoms with Crippen LogP contribution in [0.2, 0.25) is 0 Å². The van der Waals surface area contributed by atoms with Gasteiger partial charge in [0.15, 0.2) is 0 Å². The first-order chi connectivity index (χ1) is 24.5. The summed E-state index contributed by atoms with van der Waals surface area (Å²) in [4.78, 5) is 43.9. The second-order valence-corrected chi connectivity index (χ2v) is 16.9. The molecule has 0 heterocycles. The Labute approximate surface area is 326 Å². The molecule has 0 unspecified atom stereocenters. The van der Waals surface area contributed by atoms with Gasteiger partial charge in [-0.2, -0.15) is 0 Å². The van der Waals surface area contributed by atoms with Crippen LogP contribution in [0.3, 0.4) is 0 Å². The Hall–Kier alpha value is 0.657. The Kier molecular flexibility index (Phi) is 51.9. The Morgan fingerprint density at radius 3 is 0.453 bits per heavy atom. The molecule has 0 saturated heterocycles. The van der Waals surface area contributed by atoms with Gasteiger partial charge in [0.05, 0.1) is 52.9 Å². The molecule has 0 aromatic heterocycles. The predicted molar refractivity (Wildman–Crippen MR) is 203 cm³/mol. The third-order valence-corrected chi connectivity index (χ3v) is 9.97. The van der Waals surface area contributed by atoms with Crippen LogP contribution in [0, 0.1) is 0 Å². The number of hydrogen-bond donors (Lipinski definition) is 0. The molecule has 21 heteroatoms. The maximum absolute atomic E-state index is 11.0. The van der Waals surface area contributed by atoms with Crippen molar-refractivity contribution >= 4 is 42.3 Å². The molecule has 0 spiro atoms. The molecule has 0 aliphatic heterocycles. The van der Waals surface area contributed by atoms with Gasteiger partial charge >= 0.3 is 11.0 Å². The first-order valence-corrected chi connectivity index (χ1v) is 24.7. The van der Waals surface area contributed by atoms with Gasteiger partial charge in [-0.3, -0.25) is 18.3 Å². The van der Waals surface area contributed by atoms with Crippen molar-refractivity contribution in [2.75, 3.05) is 52.9 Å². The van der Waals surface area contributed by atoms with Crippen molar-refractivity contribution in [1.82, 2.24) is 0 Å². The van der Waals surface area contributed by atoms with Crippen LogP contribution in [0.1, 0.15) is 158 Å². The SMILES string of the molecule is CCCCOP(=O)([O-])OCCCC.CCCCOP(=O)([O-])OCCCC.CCCCOP(=O)([O-])OCCCC.CCCCOP(=O)([O-])OCCCC.[Si+4]. The van der Waals surface area contributed by atoms with Crippen molar-refractivity contribution in [1.29, 1.82) is 0 Å². The van der Waals surface area contributed by atoms with Crippen LogP contribution < -0.4 is 19.6 Å². The van der Waals surface area contributed by atoms with Crippen LogP contribution in [0.4, 0.5) is 0 Å². The molecule has 0 N–H and O–H groups in total. The molecule has 0 amide bonds. The Morgan fingerprint density at radius 2 is 0.377 bits per heavy atom. The molecular formula is C32H72O16P4Si. The van der Waals surface area contributed by atoms with E-state index in [0.717, 1.165) is 103 Å². The maximum atomic E-state index is 11.0. The average molecular weight is 865 g/mol. The summed E-state index contributed by atoms with van der Waals surface area (Å²) >= 11 is 0. The van der Waals surface area contributed by atoms with Crippen LogP contribution in [0.5, 0.6) is 0 Å². The van der Waals surface area contributed by atoms with E-state index in [1.165, 1.54) is 0 Å². The fraction of sp³-hybridized carbons (Fsp3) is 1.00. The molecular weight excluding hydrogens is 792 g/mol. The van der Waals surface area contributed by atoms with Crippen molar-refractivity contribution < 1.29 is 74.0 Å². The summed E-state index contributed by atoms with van der Waals surface area (Å²) in [7, 11) is -16.0. The minimum absolute atomic E-state index is 0. The van der Waals surface area contributed by atoms with E-state index < -0.39 is 31.3 Å². The fourth-order valence-corrected chi connectivity index (χ4v) is 5.83. The number of unbranched alkanes of at least 4 members (excludes halogenated alkanes) is 8. The average Bonchev–Trinajstić information content (AvgIpc) is 3.06. The zero-order chi connectivity index (χ0) is 40.6. The number of phosphoric acid groups is 4. The molecule has 320 valence electrons. The summed E-state index contributed by atoms with van der Waals surface area (Å²) in [6.45, 7) is 17.6. The Bertz CT molecular complexity index is 736. The molecule has 0 aliphatic carbocycles. The fourth-order valence-electron chi connectivity index (χ4n) is 2.71. The summed E-state index contributed by atoms with van der Waals surface area (Å²) in [5.74, 6) is 0. The predicted octanol–water partition coefficient (Wildman–Crippen LogP) is 7.97. The molecule has 0 rings (SSSR count). The maximum Gasteiger partial charge on any atom is 4.00 e. The van der Waals surface area contributed by atoms with Crippen LogP contribution in [0.15, 0.2) is 0 Å². The largest absolute Gasteiger partial charge is 4.00 e. The molecule has 0 radical (unpaired) electrons. The molecule has 0 saturated carbocycles. The van der Waals surface area contributed by atoms with Crippen LogP contribution in [0.25, 0.3) is 0 Å². The van der Waals surface area contributed by atoms with E-state index in [-0.39, 0.29) is 63.8 Å². The number of hydrogen-bond acceptors (Lipinski definition) is 16. The summed E-state index contributed by atoms with van der Waals surface area (Å²) in [6.07, 6.45) is 13.2. The van der Waals surface area contributed by atoms with E-state index in [0.29, 0.717) is 0 Å².